The quantitative estimate of drug-likeness (QED) is 0.794. The molecule has 1 unspecified atom stereocenters. The van der Waals surface area contributed by atoms with E-state index in [-0.39, 0.29) is 6.61 Å². The maximum absolute atomic E-state index is 10.5. The van der Waals surface area contributed by atoms with E-state index in [0.29, 0.717) is 6.42 Å². The Hall–Kier alpha value is -0.340. The van der Waals surface area contributed by atoms with Gasteiger partial charge in [0.2, 0.25) is 0 Å². The maximum Gasteiger partial charge on any atom is 0.421 e. The molecular weight excluding hydrogens is 211 g/mol. The molecule has 0 saturated carbocycles. The Balaban J connectivity index is 2.33. The third-order valence-corrected chi connectivity index (χ3v) is 2.28. The topological polar surface area (TPSA) is 46.5 Å². The molecule has 0 aliphatic rings. The van der Waals surface area contributed by atoms with Crippen molar-refractivity contribution in [2.24, 2.45) is 0 Å². The van der Waals surface area contributed by atoms with Gasteiger partial charge in [-0.05, 0) is 12.0 Å². The molecule has 0 heterocycles. The van der Waals surface area contributed by atoms with Crippen molar-refractivity contribution >= 4 is 18.2 Å². The standard InChI is InChI=1S/C8H10ClO3P/c9-13(10,11)12-7-6-8-4-2-1-3-5-8/h1-5H,6-7H2,(H,10,11). The zero-order valence-electron chi connectivity index (χ0n) is 6.89. The van der Waals surface area contributed by atoms with Crippen LogP contribution < -0.4 is 0 Å². The van der Waals surface area contributed by atoms with Crippen molar-refractivity contribution in [2.75, 3.05) is 6.61 Å². The van der Waals surface area contributed by atoms with E-state index in [1.807, 2.05) is 30.3 Å². The molecule has 0 aromatic heterocycles. The van der Waals surface area contributed by atoms with E-state index in [4.69, 9.17) is 16.1 Å². The molecule has 0 aliphatic heterocycles. The predicted octanol–water partition coefficient (Wildman–Crippen LogP) is 2.58. The lowest BCUT2D eigenvalue weighted by atomic mass is 10.2. The second-order valence-electron chi connectivity index (χ2n) is 2.52. The molecule has 0 radical (unpaired) electrons. The Morgan fingerprint density at radius 2 is 2.00 bits per heavy atom. The SMILES string of the molecule is O=P(O)(Cl)OCCc1ccccc1. The minimum atomic E-state index is -3.83. The molecule has 3 nitrogen and oxygen atoms in total. The summed E-state index contributed by atoms with van der Waals surface area (Å²) in [5.74, 6) is 0. The number of halogens is 1. The van der Waals surface area contributed by atoms with E-state index in [1.54, 1.807) is 0 Å². The average Bonchev–Trinajstić information content (AvgIpc) is 2.04. The molecule has 1 atom stereocenters. The van der Waals surface area contributed by atoms with Crippen LogP contribution in [-0.2, 0) is 15.5 Å². The number of benzene rings is 1. The highest BCUT2D eigenvalue weighted by Crippen LogP contribution is 2.47. The summed E-state index contributed by atoms with van der Waals surface area (Å²) in [6, 6.07) is 9.53. The van der Waals surface area contributed by atoms with Crippen LogP contribution in [0.1, 0.15) is 5.56 Å². The van der Waals surface area contributed by atoms with E-state index in [1.165, 1.54) is 0 Å². The Morgan fingerprint density at radius 1 is 1.38 bits per heavy atom. The summed E-state index contributed by atoms with van der Waals surface area (Å²) in [6.45, 7) is -3.68. The van der Waals surface area contributed by atoms with Crippen molar-refractivity contribution in [3.8, 4) is 0 Å². The maximum atomic E-state index is 10.5. The van der Waals surface area contributed by atoms with Crippen molar-refractivity contribution in [1.82, 2.24) is 0 Å². The summed E-state index contributed by atoms with van der Waals surface area (Å²) < 4.78 is 15.0. The first-order chi connectivity index (χ1) is 6.08. The number of hydrogen-bond acceptors (Lipinski definition) is 2. The molecule has 0 amide bonds. The molecule has 0 bridgehead atoms. The monoisotopic (exact) mass is 220 g/mol. The van der Waals surface area contributed by atoms with Gasteiger partial charge in [0.15, 0.2) is 0 Å². The van der Waals surface area contributed by atoms with Gasteiger partial charge in [-0.25, -0.2) is 4.57 Å². The summed E-state index contributed by atoms with van der Waals surface area (Å²) >= 11 is 4.99. The van der Waals surface area contributed by atoms with Crippen molar-refractivity contribution in [1.29, 1.82) is 0 Å². The highest BCUT2D eigenvalue weighted by Gasteiger charge is 2.12. The van der Waals surface area contributed by atoms with E-state index >= 15 is 0 Å². The van der Waals surface area contributed by atoms with Crippen molar-refractivity contribution in [3.05, 3.63) is 35.9 Å². The molecule has 0 fully saturated rings. The largest absolute Gasteiger partial charge is 0.421 e. The lowest BCUT2D eigenvalue weighted by Crippen LogP contribution is -1.94. The van der Waals surface area contributed by atoms with Gasteiger partial charge in [-0.1, -0.05) is 30.3 Å². The van der Waals surface area contributed by atoms with Crippen LogP contribution in [0.5, 0.6) is 0 Å². The summed E-state index contributed by atoms with van der Waals surface area (Å²) in [4.78, 5) is 8.59. The van der Waals surface area contributed by atoms with Gasteiger partial charge in [-0.15, -0.1) is 0 Å². The Labute approximate surface area is 81.6 Å². The molecule has 0 saturated heterocycles. The fourth-order valence-corrected chi connectivity index (χ4v) is 1.44. The van der Waals surface area contributed by atoms with Gasteiger partial charge in [-0.3, -0.25) is 4.52 Å². The first-order valence-electron chi connectivity index (χ1n) is 3.79. The zero-order chi connectivity index (χ0) is 9.73. The van der Waals surface area contributed by atoms with Crippen LogP contribution in [0, 0.1) is 0 Å². The van der Waals surface area contributed by atoms with Crippen LogP contribution in [0.2, 0.25) is 0 Å². The molecular formula is C8H10ClO3P. The molecule has 0 spiro atoms. The second kappa shape index (κ2) is 4.77. The molecule has 13 heavy (non-hydrogen) atoms. The average molecular weight is 221 g/mol. The van der Waals surface area contributed by atoms with Crippen LogP contribution in [0.25, 0.3) is 0 Å². The highest BCUT2D eigenvalue weighted by molar-refractivity contribution is 7.80. The lowest BCUT2D eigenvalue weighted by molar-refractivity contribution is 0.278. The highest BCUT2D eigenvalue weighted by atomic mass is 35.7. The van der Waals surface area contributed by atoms with Gasteiger partial charge in [0.05, 0.1) is 6.61 Å². The van der Waals surface area contributed by atoms with E-state index in [2.05, 4.69) is 4.52 Å². The minimum absolute atomic E-state index is 0.154. The third-order valence-electron chi connectivity index (χ3n) is 1.48. The van der Waals surface area contributed by atoms with E-state index in [9.17, 15) is 4.57 Å². The number of hydrogen-bond donors (Lipinski definition) is 1. The van der Waals surface area contributed by atoms with Crippen LogP contribution in [0.15, 0.2) is 30.3 Å². The van der Waals surface area contributed by atoms with Gasteiger partial charge >= 0.3 is 6.95 Å². The fraction of sp³-hybridized carbons (Fsp3) is 0.250. The van der Waals surface area contributed by atoms with Crippen LogP contribution in [0.4, 0.5) is 0 Å². The van der Waals surface area contributed by atoms with Crippen LogP contribution in [-0.4, -0.2) is 11.5 Å². The van der Waals surface area contributed by atoms with Crippen LogP contribution in [0.3, 0.4) is 0 Å². The van der Waals surface area contributed by atoms with Crippen molar-refractivity contribution in [2.45, 2.75) is 6.42 Å². The van der Waals surface area contributed by atoms with Gasteiger partial charge in [0.1, 0.15) is 0 Å². The fourth-order valence-electron chi connectivity index (χ4n) is 0.921. The summed E-state index contributed by atoms with van der Waals surface area (Å²) in [7, 11) is 0. The molecule has 1 rings (SSSR count). The van der Waals surface area contributed by atoms with Crippen molar-refractivity contribution in [3.63, 3.8) is 0 Å². The van der Waals surface area contributed by atoms with Gasteiger partial charge in [-0.2, -0.15) is 0 Å². The van der Waals surface area contributed by atoms with Crippen molar-refractivity contribution < 1.29 is 14.0 Å². The normalized spacial score (nSPS) is 15.2. The van der Waals surface area contributed by atoms with Crippen LogP contribution >= 0.6 is 18.2 Å². The minimum Gasteiger partial charge on any atom is -0.313 e. The molecule has 1 aromatic carbocycles. The van der Waals surface area contributed by atoms with Gasteiger partial charge in [0, 0.05) is 11.2 Å². The summed E-state index contributed by atoms with van der Waals surface area (Å²) in [5, 5.41) is 0. The van der Waals surface area contributed by atoms with E-state index < -0.39 is 6.95 Å². The first-order valence-corrected chi connectivity index (χ1v) is 6.27. The molecule has 0 aliphatic carbocycles. The third kappa shape index (κ3) is 5.06. The molecule has 5 heteroatoms. The second-order valence-corrected chi connectivity index (χ2v) is 4.96. The Morgan fingerprint density at radius 3 is 2.54 bits per heavy atom. The Bertz CT molecular complexity index is 296. The number of rotatable bonds is 4. The molecule has 1 aromatic rings. The van der Waals surface area contributed by atoms with Gasteiger partial charge < -0.3 is 4.89 Å². The van der Waals surface area contributed by atoms with Gasteiger partial charge in [0.25, 0.3) is 0 Å². The summed E-state index contributed by atoms with van der Waals surface area (Å²) in [6.07, 6.45) is 0.581. The Kier molecular flexibility index (Phi) is 3.94. The molecule has 1 N–H and O–H groups in total. The van der Waals surface area contributed by atoms with E-state index in [0.717, 1.165) is 5.56 Å². The first kappa shape index (κ1) is 10.7. The predicted molar refractivity (Wildman–Crippen MR) is 51.8 cm³/mol. The summed E-state index contributed by atoms with van der Waals surface area (Å²) in [5.41, 5.74) is 1.05. The lowest BCUT2D eigenvalue weighted by Gasteiger charge is -2.03. The zero-order valence-corrected chi connectivity index (χ0v) is 8.54. The smallest absolute Gasteiger partial charge is 0.313 e. The molecule has 72 valence electrons.